The number of H-pyrrole nitrogens is 1. The number of benzene rings is 1. The van der Waals surface area contributed by atoms with E-state index in [4.69, 9.17) is 15.9 Å². The lowest BCUT2D eigenvalue weighted by Crippen LogP contribution is -2.56. The van der Waals surface area contributed by atoms with Gasteiger partial charge in [-0.25, -0.2) is 4.79 Å². The summed E-state index contributed by atoms with van der Waals surface area (Å²) in [5, 5.41) is 34.9. The van der Waals surface area contributed by atoms with E-state index in [1.807, 2.05) is 12.1 Å². The third-order valence-electron chi connectivity index (χ3n) is 5.48. The Labute approximate surface area is 210 Å². The molecule has 0 aliphatic carbocycles. The number of nitrogens with two attached hydrogens (primary N) is 1. The molecule has 0 spiro atoms. The third kappa shape index (κ3) is 8.61. The molecule has 1 aromatic heterocycles. The molecule has 0 radical (unpaired) electrons. The number of carbonyl (C=O) groups is 6. The molecule has 1 aromatic carbocycles. The summed E-state index contributed by atoms with van der Waals surface area (Å²) in [5.41, 5.74) is 7.04. The second kappa shape index (κ2) is 13.0. The van der Waals surface area contributed by atoms with Gasteiger partial charge in [0.25, 0.3) is 0 Å². The smallest absolute Gasteiger partial charge is 0.326 e. The molecule has 4 atom stereocenters. The first-order chi connectivity index (χ1) is 17.4. The maximum absolute atomic E-state index is 12.6. The Morgan fingerprint density at radius 1 is 0.892 bits per heavy atom. The van der Waals surface area contributed by atoms with Gasteiger partial charge in [0.05, 0.1) is 12.5 Å². The molecule has 3 amide bonds. The van der Waals surface area contributed by atoms with Gasteiger partial charge in [0.15, 0.2) is 0 Å². The van der Waals surface area contributed by atoms with Crippen molar-refractivity contribution in [3.8, 4) is 0 Å². The summed E-state index contributed by atoms with van der Waals surface area (Å²) in [7, 11) is 0. The van der Waals surface area contributed by atoms with Crippen LogP contribution in [-0.4, -0.2) is 80.1 Å². The molecular formula is C23H29N5O9. The van der Waals surface area contributed by atoms with E-state index in [1.54, 1.807) is 18.3 Å². The summed E-state index contributed by atoms with van der Waals surface area (Å²) in [6.07, 6.45) is 0.102. The molecule has 2 aromatic rings. The molecule has 14 nitrogen and oxygen atoms in total. The zero-order valence-electron chi connectivity index (χ0n) is 19.9. The molecule has 2 rings (SSSR count). The summed E-state index contributed by atoms with van der Waals surface area (Å²) in [6, 6.07) is 1.69. The lowest BCUT2D eigenvalue weighted by atomic mass is 10.0. The molecule has 0 fully saturated rings. The van der Waals surface area contributed by atoms with Crippen LogP contribution in [0.3, 0.4) is 0 Å². The number of hydrogen-bond acceptors (Lipinski definition) is 7. The molecule has 0 bridgehead atoms. The van der Waals surface area contributed by atoms with Crippen LogP contribution in [0.2, 0.25) is 0 Å². The van der Waals surface area contributed by atoms with Crippen LogP contribution in [0.15, 0.2) is 30.5 Å². The van der Waals surface area contributed by atoms with Crippen molar-refractivity contribution >= 4 is 46.5 Å². The first-order valence-corrected chi connectivity index (χ1v) is 11.3. The summed E-state index contributed by atoms with van der Waals surface area (Å²) in [5.74, 6) is -6.73. The highest BCUT2D eigenvalue weighted by molar-refractivity contribution is 5.95. The predicted octanol–water partition coefficient (Wildman–Crippen LogP) is -1.06. The van der Waals surface area contributed by atoms with Crippen LogP contribution in [-0.2, 0) is 35.2 Å². The zero-order chi connectivity index (χ0) is 27.7. The number of nitrogens with one attached hydrogen (secondary N) is 4. The van der Waals surface area contributed by atoms with E-state index in [1.165, 1.54) is 6.92 Å². The predicted molar refractivity (Wildman–Crippen MR) is 128 cm³/mol. The molecule has 1 heterocycles. The van der Waals surface area contributed by atoms with Gasteiger partial charge in [-0.1, -0.05) is 18.2 Å². The zero-order valence-corrected chi connectivity index (χ0v) is 19.9. The third-order valence-corrected chi connectivity index (χ3v) is 5.48. The van der Waals surface area contributed by atoms with Crippen molar-refractivity contribution in [2.24, 2.45) is 5.73 Å². The van der Waals surface area contributed by atoms with Crippen molar-refractivity contribution in [2.45, 2.75) is 56.8 Å². The minimum Gasteiger partial charge on any atom is -0.481 e. The van der Waals surface area contributed by atoms with E-state index in [9.17, 15) is 33.9 Å². The van der Waals surface area contributed by atoms with Crippen molar-refractivity contribution in [2.75, 3.05) is 0 Å². The molecule has 37 heavy (non-hydrogen) atoms. The van der Waals surface area contributed by atoms with Crippen molar-refractivity contribution in [3.05, 3.63) is 36.0 Å². The highest BCUT2D eigenvalue weighted by atomic mass is 16.4. The molecule has 0 saturated carbocycles. The van der Waals surface area contributed by atoms with Gasteiger partial charge in [0.1, 0.15) is 18.1 Å². The van der Waals surface area contributed by atoms with E-state index in [-0.39, 0.29) is 12.8 Å². The average molecular weight is 520 g/mol. The van der Waals surface area contributed by atoms with Crippen LogP contribution in [0.5, 0.6) is 0 Å². The van der Waals surface area contributed by atoms with Crippen LogP contribution in [0, 0.1) is 0 Å². The minimum absolute atomic E-state index is 0.0440. The van der Waals surface area contributed by atoms with Crippen LogP contribution in [0.25, 0.3) is 10.9 Å². The maximum atomic E-state index is 12.6. The van der Waals surface area contributed by atoms with Gasteiger partial charge in [-0.2, -0.15) is 0 Å². The molecule has 9 N–H and O–H groups in total. The highest BCUT2D eigenvalue weighted by Crippen LogP contribution is 2.19. The van der Waals surface area contributed by atoms with Gasteiger partial charge in [-0.3, -0.25) is 24.0 Å². The number of aromatic amines is 1. The number of carboxylic acids is 3. The second-order valence-electron chi connectivity index (χ2n) is 8.39. The Bertz CT molecular complexity index is 1180. The Morgan fingerprint density at radius 3 is 2.16 bits per heavy atom. The first kappa shape index (κ1) is 28.8. The van der Waals surface area contributed by atoms with Gasteiger partial charge < -0.3 is 42.0 Å². The number of fused-ring (bicyclic) bond motifs is 1. The van der Waals surface area contributed by atoms with Gasteiger partial charge in [0, 0.05) is 29.9 Å². The number of amides is 3. The van der Waals surface area contributed by atoms with Crippen LogP contribution < -0.4 is 21.7 Å². The fraction of sp³-hybridized carbons (Fsp3) is 0.391. The van der Waals surface area contributed by atoms with Gasteiger partial charge in [-0.15, -0.1) is 0 Å². The van der Waals surface area contributed by atoms with E-state index >= 15 is 0 Å². The van der Waals surface area contributed by atoms with Crippen molar-refractivity contribution < 1.29 is 44.1 Å². The van der Waals surface area contributed by atoms with E-state index in [2.05, 4.69) is 20.9 Å². The summed E-state index contributed by atoms with van der Waals surface area (Å²) in [6.45, 7) is 1.26. The minimum atomic E-state index is -1.61. The number of aromatic nitrogens is 1. The Balaban J connectivity index is 2.02. The topological polar surface area (TPSA) is 241 Å². The monoisotopic (exact) mass is 519 g/mol. The lowest BCUT2D eigenvalue weighted by molar-refractivity contribution is -0.143. The number of para-hydroxylation sites is 1. The number of hydrogen-bond donors (Lipinski definition) is 8. The normalized spacial score (nSPS) is 14.1. The van der Waals surface area contributed by atoms with Crippen molar-refractivity contribution in [1.82, 2.24) is 20.9 Å². The SMILES string of the molecule is CC(NC(=O)C(CC(=O)O)NC(=O)C(N)CCC(=O)O)C(=O)NC(Cc1c[nH]c2ccccc12)C(=O)O. The van der Waals surface area contributed by atoms with E-state index in [0.717, 1.165) is 10.9 Å². The molecule has 200 valence electrons. The highest BCUT2D eigenvalue weighted by Gasteiger charge is 2.30. The number of carbonyl (C=O) groups excluding carboxylic acids is 3. The Kier molecular flexibility index (Phi) is 10.1. The fourth-order valence-electron chi connectivity index (χ4n) is 3.47. The van der Waals surface area contributed by atoms with Crippen LogP contribution in [0.1, 0.15) is 31.7 Å². The number of aliphatic carboxylic acids is 3. The summed E-state index contributed by atoms with van der Waals surface area (Å²) in [4.78, 5) is 74.1. The molecule has 14 heteroatoms. The number of carboxylic acid groups (broad SMARTS) is 3. The molecule has 0 saturated heterocycles. The van der Waals surface area contributed by atoms with Gasteiger partial charge >= 0.3 is 17.9 Å². The largest absolute Gasteiger partial charge is 0.481 e. The quantitative estimate of drug-likeness (QED) is 0.150. The average Bonchev–Trinajstić information content (AvgIpc) is 3.23. The van der Waals surface area contributed by atoms with E-state index in [0.29, 0.717) is 5.56 Å². The van der Waals surface area contributed by atoms with Crippen LogP contribution >= 0.6 is 0 Å². The van der Waals surface area contributed by atoms with Gasteiger partial charge in [0.2, 0.25) is 17.7 Å². The molecular weight excluding hydrogens is 490 g/mol. The number of rotatable bonds is 14. The van der Waals surface area contributed by atoms with Crippen molar-refractivity contribution in [1.29, 1.82) is 0 Å². The standard InChI is InChI=1S/C23H29N5O9/c1-11(26-22(35)16(9-19(31)32)27-21(34)14(24)6-7-18(29)30)20(33)28-17(23(36)37)8-12-10-25-15-5-3-2-4-13(12)15/h2-5,10-11,14,16-17,25H,6-9,24H2,1H3,(H,26,35)(H,27,34)(H,28,33)(H,29,30)(H,31,32)(H,36,37). The Hall–Kier alpha value is -4.46. The van der Waals surface area contributed by atoms with Crippen molar-refractivity contribution in [3.63, 3.8) is 0 Å². The molecule has 4 unspecified atom stereocenters. The summed E-state index contributed by atoms with van der Waals surface area (Å²) >= 11 is 0. The maximum Gasteiger partial charge on any atom is 0.326 e. The molecule has 0 aliphatic rings. The molecule has 0 aliphatic heterocycles. The Morgan fingerprint density at radius 2 is 1.54 bits per heavy atom. The van der Waals surface area contributed by atoms with Crippen LogP contribution in [0.4, 0.5) is 0 Å². The lowest BCUT2D eigenvalue weighted by Gasteiger charge is -2.22. The second-order valence-corrected chi connectivity index (χ2v) is 8.39. The van der Waals surface area contributed by atoms with E-state index < -0.39 is 72.6 Å². The first-order valence-electron chi connectivity index (χ1n) is 11.3. The fourth-order valence-corrected chi connectivity index (χ4v) is 3.47. The van der Waals surface area contributed by atoms with Gasteiger partial charge in [-0.05, 0) is 25.0 Å². The summed E-state index contributed by atoms with van der Waals surface area (Å²) < 4.78 is 0.